The molecule has 134 valence electrons. The van der Waals surface area contributed by atoms with E-state index < -0.39 is 0 Å². The van der Waals surface area contributed by atoms with E-state index in [1.165, 1.54) is 4.90 Å². The standard InChI is InChI=1S/C18H23BrN4O2/c1-12-9-15(19)6-7-16(12)20-17(24)11-22(3)18(25)8-5-14-10-23(4)21-13(14)2/h6-7,9-10H,5,8,11H2,1-4H3,(H,20,24). The minimum atomic E-state index is -0.209. The number of nitrogens with one attached hydrogen (secondary N) is 1. The zero-order chi connectivity index (χ0) is 18.6. The quantitative estimate of drug-likeness (QED) is 0.801. The van der Waals surface area contributed by atoms with Gasteiger partial charge in [-0.1, -0.05) is 15.9 Å². The number of hydrogen-bond donors (Lipinski definition) is 1. The van der Waals surface area contributed by atoms with Crippen LogP contribution in [0.4, 0.5) is 5.69 Å². The van der Waals surface area contributed by atoms with E-state index in [0.717, 1.165) is 27.0 Å². The van der Waals surface area contributed by atoms with Gasteiger partial charge in [0.1, 0.15) is 0 Å². The molecule has 1 heterocycles. The van der Waals surface area contributed by atoms with Crippen LogP contribution in [0.2, 0.25) is 0 Å². The first-order valence-corrected chi connectivity index (χ1v) is 8.84. The van der Waals surface area contributed by atoms with Crippen molar-refractivity contribution in [2.75, 3.05) is 18.9 Å². The van der Waals surface area contributed by atoms with Crippen LogP contribution in [-0.4, -0.2) is 40.1 Å². The van der Waals surface area contributed by atoms with Crippen LogP contribution in [0, 0.1) is 13.8 Å². The largest absolute Gasteiger partial charge is 0.336 e. The Morgan fingerprint density at radius 1 is 1.32 bits per heavy atom. The molecule has 0 bridgehead atoms. The van der Waals surface area contributed by atoms with Gasteiger partial charge in [-0.3, -0.25) is 14.3 Å². The first kappa shape index (κ1) is 19.2. The smallest absolute Gasteiger partial charge is 0.243 e. The molecule has 1 aromatic carbocycles. The number of carbonyl (C=O) groups excluding carboxylic acids is 2. The van der Waals surface area contributed by atoms with Crippen LogP contribution in [0.25, 0.3) is 0 Å². The Morgan fingerprint density at radius 2 is 2.04 bits per heavy atom. The summed E-state index contributed by atoms with van der Waals surface area (Å²) in [7, 11) is 3.51. The van der Waals surface area contributed by atoms with Crippen molar-refractivity contribution < 1.29 is 9.59 Å². The number of anilines is 1. The highest BCUT2D eigenvalue weighted by molar-refractivity contribution is 9.10. The van der Waals surface area contributed by atoms with Gasteiger partial charge in [-0.25, -0.2) is 0 Å². The minimum absolute atomic E-state index is 0.0281. The number of rotatable bonds is 6. The molecule has 0 radical (unpaired) electrons. The SMILES string of the molecule is Cc1cc(Br)ccc1NC(=O)CN(C)C(=O)CCc1cn(C)nc1C. The molecule has 0 atom stereocenters. The van der Waals surface area contributed by atoms with Crippen molar-refractivity contribution in [2.24, 2.45) is 7.05 Å². The predicted molar refractivity (Wildman–Crippen MR) is 101 cm³/mol. The highest BCUT2D eigenvalue weighted by atomic mass is 79.9. The zero-order valence-corrected chi connectivity index (χ0v) is 16.6. The summed E-state index contributed by atoms with van der Waals surface area (Å²) in [5.41, 5.74) is 3.70. The molecule has 0 saturated heterocycles. The summed E-state index contributed by atoms with van der Waals surface area (Å²) in [5.74, 6) is -0.273. The van der Waals surface area contributed by atoms with Crippen LogP contribution in [0.1, 0.15) is 23.2 Å². The van der Waals surface area contributed by atoms with Gasteiger partial charge in [0.05, 0.1) is 12.2 Å². The molecule has 1 aromatic heterocycles. The third-order valence-corrected chi connectivity index (χ3v) is 4.49. The van der Waals surface area contributed by atoms with Crippen LogP contribution in [0.5, 0.6) is 0 Å². The molecule has 0 unspecified atom stereocenters. The molecular weight excluding hydrogens is 384 g/mol. The number of hydrogen-bond acceptors (Lipinski definition) is 3. The lowest BCUT2D eigenvalue weighted by Crippen LogP contribution is -2.35. The lowest BCUT2D eigenvalue weighted by Gasteiger charge is -2.17. The van der Waals surface area contributed by atoms with E-state index in [-0.39, 0.29) is 18.4 Å². The average molecular weight is 407 g/mol. The molecule has 0 aliphatic heterocycles. The Balaban J connectivity index is 1.85. The first-order chi connectivity index (χ1) is 11.8. The maximum atomic E-state index is 12.2. The van der Waals surface area contributed by atoms with Crippen LogP contribution >= 0.6 is 15.9 Å². The van der Waals surface area contributed by atoms with Gasteiger partial charge >= 0.3 is 0 Å². The summed E-state index contributed by atoms with van der Waals surface area (Å²) in [6.45, 7) is 3.88. The van der Waals surface area contributed by atoms with E-state index in [0.29, 0.717) is 12.8 Å². The average Bonchev–Trinajstić information content (AvgIpc) is 2.85. The summed E-state index contributed by atoms with van der Waals surface area (Å²) in [6.07, 6.45) is 2.90. The Hall–Kier alpha value is -2.15. The lowest BCUT2D eigenvalue weighted by atomic mass is 10.1. The van der Waals surface area contributed by atoms with E-state index in [9.17, 15) is 9.59 Å². The Kier molecular flexibility index (Phi) is 6.36. The maximum absolute atomic E-state index is 12.2. The summed E-state index contributed by atoms with van der Waals surface area (Å²) in [5, 5.41) is 7.11. The fourth-order valence-electron chi connectivity index (χ4n) is 2.59. The molecule has 7 heteroatoms. The second-order valence-corrected chi connectivity index (χ2v) is 7.09. The third-order valence-electron chi connectivity index (χ3n) is 3.99. The molecule has 0 saturated carbocycles. The highest BCUT2D eigenvalue weighted by Gasteiger charge is 2.15. The molecule has 0 aliphatic rings. The van der Waals surface area contributed by atoms with Gasteiger partial charge in [0.15, 0.2) is 0 Å². The minimum Gasteiger partial charge on any atom is -0.336 e. The number of carbonyl (C=O) groups is 2. The summed E-state index contributed by atoms with van der Waals surface area (Å²) < 4.78 is 2.70. The Morgan fingerprint density at radius 3 is 2.64 bits per heavy atom. The number of benzene rings is 1. The van der Waals surface area contributed by atoms with Crippen LogP contribution in [0.15, 0.2) is 28.9 Å². The molecule has 25 heavy (non-hydrogen) atoms. The van der Waals surface area contributed by atoms with Crippen molar-refractivity contribution in [1.29, 1.82) is 0 Å². The van der Waals surface area contributed by atoms with Crippen molar-refractivity contribution in [2.45, 2.75) is 26.7 Å². The van der Waals surface area contributed by atoms with Crippen LogP contribution < -0.4 is 5.32 Å². The van der Waals surface area contributed by atoms with Gasteiger partial charge in [0.2, 0.25) is 11.8 Å². The molecule has 1 N–H and O–H groups in total. The zero-order valence-electron chi connectivity index (χ0n) is 15.0. The maximum Gasteiger partial charge on any atom is 0.243 e. The monoisotopic (exact) mass is 406 g/mol. The van der Waals surface area contributed by atoms with E-state index in [4.69, 9.17) is 0 Å². The summed E-state index contributed by atoms with van der Waals surface area (Å²) in [4.78, 5) is 25.9. The van der Waals surface area contributed by atoms with E-state index >= 15 is 0 Å². The van der Waals surface area contributed by atoms with Crippen molar-refractivity contribution in [1.82, 2.24) is 14.7 Å². The van der Waals surface area contributed by atoms with Gasteiger partial charge in [-0.2, -0.15) is 5.10 Å². The number of aryl methyl sites for hydroxylation is 4. The number of nitrogens with zero attached hydrogens (tertiary/aromatic N) is 3. The molecule has 0 spiro atoms. The van der Waals surface area contributed by atoms with Crippen molar-refractivity contribution >= 4 is 33.4 Å². The first-order valence-electron chi connectivity index (χ1n) is 8.05. The lowest BCUT2D eigenvalue weighted by molar-refractivity contribution is -0.133. The number of aromatic nitrogens is 2. The fraction of sp³-hybridized carbons (Fsp3) is 0.389. The normalized spacial score (nSPS) is 10.6. The van der Waals surface area contributed by atoms with Crippen LogP contribution in [-0.2, 0) is 23.1 Å². The van der Waals surface area contributed by atoms with Gasteiger partial charge in [-0.15, -0.1) is 0 Å². The number of likely N-dealkylation sites (N-methyl/N-ethyl adjacent to an activating group) is 1. The molecule has 6 nitrogen and oxygen atoms in total. The van der Waals surface area contributed by atoms with Gasteiger partial charge < -0.3 is 10.2 Å². The topological polar surface area (TPSA) is 67.2 Å². The van der Waals surface area contributed by atoms with Crippen molar-refractivity contribution in [3.8, 4) is 0 Å². The molecule has 2 amide bonds. The Labute approximate surface area is 156 Å². The molecular formula is C18H23BrN4O2. The van der Waals surface area contributed by atoms with Crippen molar-refractivity contribution in [3.63, 3.8) is 0 Å². The number of halogens is 1. The molecule has 0 aliphatic carbocycles. The summed E-state index contributed by atoms with van der Waals surface area (Å²) >= 11 is 3.39. The van der Waals surface area contributed by atoms with Gasteiger partial charge in [0.25, 0.3) is 0 Å². The number of amides is 2. The summed E-state index contributed by atoms with van der Waals surface area (Å²) in [6, 6.07) is 5.64. The molecule has 2 aromatic rings. The highest BCUT2D eigenvalue weighted by Crippen LogP contribution is 2.20. The van der Waals surface area contributed by atoms with Crippen LogP contribution in [0.3, 0.4) is 0 Å². The Bertz CT molecular complexity index is 785. The van der Waals surface area contributed by atoms with Gasteiger partial charge in [-0.05, 0) is 49.6 Å². The van der Waals surface area contributed by atoms with Crippen molar-refractivity contribution in [3.05, 3.63) is 45.7 Å². The third kappa shape index (κ3) is 5.42. The van der Waals surface area contributed by atoms with E-state index in [1.807, 2.05) is 45.3 Å². The predicted octanol–water partition coefficient (Wildman–Crippen LogP) is 2.83. The van der Waals surface area contributed by atoms with E-state index in [2.05, 4.69) is 26.3 Å². The second kappa shape index (κ2) is 8.29. The second-order valence-electron chi connectivity index (χ2n) is 6.17. The molecule has 0 fully saturated rings. The molecule has 2 rings (SSSR count). The fourth-order valence-corrected chi connectivity index (χ4v) is 3.06. The van der Waals surface area contributed by atoms with Gasteiger partial charge in [0, 0.05) is 36.9 Å². The van der Waals surface area contributed by atoms with E-state index in [1.54, 1.807) is 11.7 Å².